The van der Waals surface area contributed by atoms with E-state index >= 15 is 0 Å². The van der Waals surface area contributed by atoms with Crippen LogP contribution in [0.3, 0.4) is 0 Å². The molecule has 1 atom stereocenters. The minimum absolute atomic E-state index is 0.0719. The topological polar surface area (TPSA) is 89.1 Å². The third-order valence-electron chi connectivity index (χ3n) is 3.15. The van der Waals surface area contributed by atoms with Crippen molar-refractivity contribution >= 4 is 5.91 Å². The number of carbonyl (C=O) groups is 1. The van der Waals surface area contributed by atoms with Crippen molar-refractivity contribution in [2.24, 2.45) is 0 Å². The van der Waals surface area contributed by atoms with Gasteiger partial charge in [-0.05, 0) is 32.1 Å². The molecule has 1 aromatic rings. The summed E-state index contributed by atoms with van der Waals surface area (Å²) in [5.74, 6) is 1.83. The largest absolute Gasteiger partial charge is 0.491 e. The molecule has 3 N–H and O–H groups in total. The number of nitrogens with one attached hydrogen (secondary N) is 2. The predicted octanol–water partition coefficient (Wildman–Crippen LogP) is 0.271. The zero-order valence-corrected chi connectivity index (χ0v) is 12.6. The highest BCUT2D eigenvalue weighted by Crippen LogP contribution is 2.35. The van der Waals surface area contributed by atoms with Gasteiger partial charge in [0.25, 0.3) is 0 Å². The summed E-state index contributed by atoms with van der Waals surface area (Å²) in [6.45, 7) is 1.27. The molecule has 7 nitrogen and oxygen atoms in total. The van der Waals surface area contributed by atoms with E-state index in [2.05, 4.69) is 10.6 Å². The van der Waals surface area contributed by atoms with Gasteiger partial charge in [0.05, 0.1) is 0 Å². The van der Waals surface area contributed by atoms with Crippen molar-refractivity contribution in [2.45, 2.75) is 18.9 Å². The molecule has 7 heteroatoms. The summed E-state index contributed by atoms with van der Waals surface area (Å²) in [5, 5.41) is 15.5. The van der Waals surface area contributed by atoms with Crippen molar-refractivity contribution < 1.29 is 24.1 Å². The molecule has 1 amide bonds. The quantitative estimate of drug-likeness (QED) is 0.567. The summed E-state index contributed by atoms with van der Waals surface area (Å²) in [6, 6.07) is 5.22. The fourth-order valence-electron chi connectivity index (χ4n) is 1.96. The molecule has 1 aromatic carbocycles. The first-order chi connectivity index (χ1) is 10.7. The van der Waals surface area contributed by atoms with Gasteiger partial charge in [0, 0.05) is 19.0 Å². The van der Waals surface area contributed by atoms with E-state index in [0.717, 1.165) is 13.0 Å². The van der Waals surface area contributed by atoms with Crippen LogP contribution >= 0.6 is 0 Å². The Hall–Kier alpha value is -1.99. The van der Waals surface area contributed by atoms with Crippen LogP contribution in [-0.4, -0.2) is 50.7 Å². The number of aliphatic hydroxyl groups is 1. The van der Waals surface area contributed by atoms with Crippen molar-refractivity contribution in [1.82, 2.24) is 10.6 Å². The number of fused-ring (bicyclic) bond motifs is 1. The molecule has 1 heterocycles. The molecule has 0 spiro atoms. The smallest absolute Gasteiger partial charge is 0.231 e. The van der Waals surface area contributed by atoms with Gasteiger partial charge in [-0.2, -0.15) is 0 Å². The van der Waals surface area contributed by atoms with Crippen LogP contribution in [0.4, 0.5) is 0 Å². The lowest BCUT2D eigenvalue weighted by Crippen LogP contribution is -2.35. The molecule has 1 aliphatic rings. The third kappa shape index (κ3) is 5.09. The van der Waals surface area contributed by atoms with E-state index in [4.69, 9.17) is 14.2 Å². The number of carbonyl (C=O) groups excluding carboxylic acids is 1. The highest BCUT2D eigenvalue weighted by molar-refractivity contribution is 5.75. The zero-order valence-electron chi connectivity index (χ0n) is 12.6. The van der Waals surface area contributed by atoms with Gasteiger partial charge in [-0.3, -0.25) is 4.79 Å². The SMILES string of the molecule is CNCCCC(=O)NCC(O)COc1ccc2c(c1)OCO2. The van der Waals surface area contributed by atoms with Gasteiger partial charge in [-0.15, -0.1) is 0 Å². The van der Waals surface area contributed by atoms with Crippen LogP contribution in [0, 0.1) is 0 Å². The Morgan fingerprint density at radius 1 is 1.41 bits per heavy atom. The van der Waals surface area contributed by atoms with Crippen LogP contribution in [-0.2, 0) is 4.79 Å². The summed E-state index contributed by atoms with van der Waals surface area (Å²) in [5.41, 5.74) is 0. The van der Waals surface area contributed by atoms with Gasteiger partial charge in [0.15, 0.2) is 11.5 Å². The summed E-state index contributed by atoms with van der Waals surface area (Å²) < 4.78 is 15.9. The van der Waals surface area contributed by atoms with Gasteiger partial charge in [-0.1, -0.05) is 0 Å². The molecule has 0 saturated carbocycles. The van der Waals surface area contributed by atoms with Crippen LogP contribution in [0.5, 0.6) is 17.2 Å². The molecule has 0 bridgehead atoms. The number of hydrogen-bond acceptors (Lipinski definition) is 6. The standard InChI is InChI=1S/C15H22N2O5/c1-16-6-2-3-15(19)17-8-11(18)9-20-12-4-5-13-14(7-12)22-10-21-13/h4-5,7,11,16,18H,2-3,6,8-10H2,1H3,(H,17,19). The van der Waals surface area contributed by atoms with Crippen molar-refractivity contribution in [3.8, 4) is 17.2 Å². The minimum Gasteiger partial charge on any atom is -0.491 e. The molecule has 0 aromatic heterocycles. The van der Waals surface area contributed by atoms with E-state index in [1.165, 1.54) is 0 Å². The average molecular weight is 310 g/mol. The summed E-state index contributed by atoms with van der Waals surface area (Å²) >= 11 is 0. The Morgan fingerprint density at radius 3 is 3.05 bits per heavy atom. The van der Waals surface area contributed by atoms with E-state index in [1.54, 1.807) is 18.2 Å². The molecule has 1 unspecified atom stereocenters. The van der Waals surface area contributed by atoms with Crippen molar-refractivity contribution in [1.29, 1.82) is 0 Å². The first-order valence-electron chi connectivity index (χ1n) is 7.31. The molecular formula is C15H22N2O5. The number of benzene rings is 1. The van der Waals surface area contributed by atoms with Crippen LogP contribution in [0.25, 0.3) is 0 Å². The Bertz CT molecular complexity index is 495. The monoisotopic (exact) mass is 310 g/mol. The highest BCUT2D eigenvalue weighted by atomic mass is 16.7. The van der Waals surface area contributed by atoms with Crippen molar-refractivity contribution in [2.75, 3.05) is 33.5 Å². The second-order valence-electron chi connectivity index (χ2n) is 4.99. The van der Waals surface area contributed by atoms with Gasteiger partial charge in [-0.25, -0.2) is 0 Å². The first-order valence-corrected chi connectivity index (χ1v) is 7.31. The average Bonchev–Trinajstić information content (AvgIpc) is 2.98. The molecular weight excluding hydrogens is 288 g/mol. The van der Waals surface area contributed by atoms with Gasteiger partial charge < -0.3 is 30.0 Å². The summed E-state index contributed by atoms with van der Waals surface area (Å²) in [7, 11) is 1.84. The zero-order chi connectivity index (χ0) is 15.8. The van der Waals surface area contributed by atoms with Crippen molar-refractivity contribution in [3.63, 3.8) is 0 Å². The summed E-state index contributed by atoms with van der Waals surface area (Å²) in [6.07, 6.45) is 0.446. The Morgan fingerprint density at radius 2 is 2.23 bits per heavy atom. The van der Waals surface area contributed by atoms with E-state index in [9.17, 15) is 9.90 Å². The second kappa shape index (κ2) is 8.45. The van der Waals surface area contributed by atoms with Gasteiger partial charge in [0.2, 0.25) is 12.7 Å². The number of ether oxygens (including phenoxy) is 3. The van der Waals surface area contributed by atoms with Crippen LogP contribution < -0.4 is 24.8 Å². The van der Waals surface area contributed by atoms with Crippen LogP contribution in [0.2, 0.25) is 0 Å². The fourth-order valence-corrected chi connectivity index (χ4v) is 1.96. The molecule has 0 saturated heterocycles. The maximum Gasteiger partial charge on any atom is 0.231 e. The summed E-state index contributed by atoms with van der Waals surface area (Å²) in [4.78, 5) is 11.5. The Labute approximate surface area is 129 Å². The van der Waals surface area contributed by atoms with E-state index < -0.39 is 6.10 Å². The molecule has 0 radical (unpaired) electrons. The molecule has 22 heavy (non-hydrogen) atoms. The lowest BCUT2D eigenvalue weighted by atomic mass is 10.3. The molecule has 0 fully saturated rings. The minimum atomic E-state index is -0.765. The van der Waals surface area contributed by atoms with E-state index in [0.29, 0.717) is 23.7 Å². The van der Waals surface area contributed by atoms with Crippen molar-refractivity contribution in [3.05, 3.63) is 18.2 Å². The Balaban J connectivity index is 1.65. The molecule has 2 rings (SSSR count). The second-order valence-corrected chi connectivity index (χ2v) is 4.99. The molecule has 122 valence electrons. The van der Waals surface area contributed by atoms with Gasteiger partial charge in [0.1, 0.15) is 18.5 Å². The van der Waals surface area contributed by atoms with E-state index in [-0.39, 0.29) is 25.9 Å². The lowest BCUT2D eigenvalue weighted by molar-refractivity contribution is -0.121. The van der Waals surface area contributed by atoms with Gasteiger partial charge >= 0.3 is 0 Å². The molecule has 1 aliphatic heterocycles. The number of hydrogen-bond donors (Lipinski definition) is 3. The number of aliphatic hydroxyl groups excluding tert-OH is 1. The third-order valence-corrected chi connectivity index (χ3v) is 3.15. The molecule has 0 aliphatic carbocycles. The maximum atomic E-state index is 11.5. The highest BCUT2D eigenvalue weighted by Gasteiger charge is 2.14. The van der Waals surface area contributed by atoms with E-state index in [1.807, 2.05) is 7.05 Å². The first kappa shape index (κ1) is 16.4. The number of amides is 1. The Kier molecular flexibility index (Phi) is 6.29. The normalized spacial score (nSPS) is 13.7. The fraction of sp³-hybridized carbons (Fsp3) is 0.533. The van der Waals surface area contributed by atoms with Crippen LogP contribution in [0.15, 0.2) is 18.2 Å². The van der Waals surface area contributed by atoms with Crippen LogP contribution in [0.1, 0.15) is 12.8 Å². The number of rotatable bonds is 9. The maximum absolute atomic E-state index is 11.5. The predicted molar refractivity (Wildman–Crippen MR) is 80.2 cm³/mol. The lowest BCUT2D eigenvalue weighted by Gasteiger charge is -2.13.